The van der Waals surface area contributed by atoms with Crippen LogP contribution in [0.3, 0.4) is 0 Å². The maximum Gasteiger partial charge on any atom is 0.123 e. The van der Waals surface area contributed by atoms with Crippen LogP contribution in [0.25, 0.3) is 0 Å². The number of nitrogens with two attached hydrogens (primary N) is 1. The lowest BCUT2D eigenvalue weighted by Crippen LogP contribution is -2.06. The van der Waals surface area contributed by atoms with Gasteiger partial charge in [0.05, 0.1) is 17.4 Å². The van der Waals surface area contributed by atoms with Gasteiger partial charge in [-0.3, -0.25) is 0 Å². The van der Waals surface area contributed by atoms with Crippen molar-refractivity contribution in [2.24, 2.45) is 0 Å². The van der Waals surface area contributed by atoms with Crippen molar-refractivity contribution in [3.05, 3.63) is 46.4 Å². The van der Waals surface area contributed by atoms with Crippen LogP contribution < -0.4 is 15.8 Å². The summed E-state index contributed by atoms with van der Waals surface area (Å²) in [6.07, 6.45) is 0.0696. The first kappa shape index (κ1) is 15.2. The number of nitrogen functional groups attached to an aromatic ring is 1. The summed E-state index contributed by atoms with van der Waals surface area (Å²) < 4.78 is 6.55. The van der Waals surface area contributed by atoms with Gasteiger partial charge in [0.15, 0.2) is 0 Å². The smallest absolute Gasteiger partial charge is 0.123 e. The maximum atomic E-state index is 9.16. The van der Waals surface area contributed by atoms with Gasteiger partial charge in [-0.05, 0) is 38.1 Å². The van der Waals surface area contributed by atoms with Crippen molar-refractivity contribution in [3.8, 4) is 11.8 Å². The molecule has 3 N–H and O–H groups in total. The van der Waals surface area contributed by atoms with E-state index in [4.69, 9.17) is 15.7 Å². The molecular weight excluding hydrogens is 330 g/mol. The SMILES string of the molecule is CC(C)Oc1cc(N)cc(Nc2cc(Br)ccc2C#N)c1. The lowest BCUT2D eigenvalue weighted by molar-refractivity contribution is 0.242. The van der Waals surface area contributed by atoms with Gasteiger partial charge in [-0.15, -0.1) is 0 Å². The number of benzene rings is 2. The van der Waals surface area contributed by atoms with Crippen molar-refractivity contribution in [2.45, 2.75) is 20.0 Å². The summed E-state index contributed by atoms with van der Waals surface area (Å²) in [5, 5.41) is 12.4. The van der Waals surface area contributed by atoms with E-state index in [0.717, 1.165) is 10.2 Å². The van der Waals surface area contributed by atoms with Crippen LogP contribution in [0.15, 0.2) is 40.9 Å². The molecule has 2 aromatic carbocycles. The summed E-state index contributed by atoms with van der Waals surface area (Å²) in [5.74, 6) is 0.695. The maximum absolute atomic E-state index is 9.16. The van der Waals surface area contributed by atoms with Gasteiger partial charge in [-0.2, -0.15) is 5.26 Å². The molecule has 21 heavy (non-hydrogen) atoms. The Hall–Kier alpha value is -2.19. The number of nitriles is 1. The second-order valence-electron chi connectivity index (χ2n) is 4.88. The van der Waals surface area contributed by atoms with Gasteiger partial charge < -0.3 is 15.8 Å². The minimum absolute atomic E-state index is 0.0696. The summed E-state index contributed by atoms with van der Waals surface area (Å²) in [7, 11) is 0. The first-order chi connectivity index (χ1) is 9.97. The Morgan fingerprint density at radius 3 is 2.67 bits per heavy atom. The highest BCUT2D eigenvalue weighted by Gasteiger charge is 2.06. The number of anilines is 3. The molecule has 5 heteroatoms. The number of hydrogen-bond acceptors (Lipinski definition) is 4. The monoisotopic (exact) mass is 345 g/mol. The van der Waals surface area contributed by atoms with Crippen LogP contribution in [-0.4, -0.2) is 6.10 Å². The molecule has 0 heterocycles. The normalized spacial score (nSPS) is 10.2. The Bertz CT molecular complexity index is 692. The zero-order valence-electron chi connectivity index (χ0n) is 11.9. The van der Waals surface area contributed by atoms with Crippen LogP contribution in [0.1, 0.15) is 19.4 Å². The van der Waals surface area contributed by atoms with Crippen LogP contribution in [0, 0.1) is 11.3 Å². The first-order valence-electron chi connectivity index (χ1n) is 6.52. The average Bonchev–Trinajstić information content (AvgIpc) is 2.37. The van der Waals surface area contributed by atoms with E-state index in [1.54, 1.807) is 18.2 Å². The van der Waals surface area contributed by atoms with Crippen molar-refractivity contribution in [2.75, 3.05) is 11.1 Å². The van der Waals surface area contributed by atoms with Crippen molar-refractivity contribution in [1.29, 1.82) is 5.26 Å². The van der Waals surface area contributed by atoms with Gasteiger partial charge in [0.1, 0.15) is 11.8 Å². The molecule has 0 aliphatic heterocycles. The van der Waals surface area contributed by atoms with Crippen LogP contribution in [-0.2, 0) is 0 Å². The fourth-order valence-electron chi connectivity index (χ4n) is 1.91. The van der Waals surface area contributed by atoms with Crippen molar-refractivity contribution in [1.82, 2.24) is 0 Å². The highest BCUT2D eigenvalue weighted by Crippen LogP contribution is 2.29. The second kappa shape index (κ2) is 6.51. The molecule has 108 valence electrons. The lowest BCUT2D eigenvalue weighted by Gasteiger charge is -2.14. The molecule has 0 aliphatic carbocycles. The Morgan fingerprint density at radius 1 is 1.24 bits per heavy atom. The quantitative estimate of drug-likeness (QED) is 0.803. The van der Waals surface area contributed by atoms with Gasteiger partial charge >= 0.3 is 0 Å². The van der Waals surface area contributed by atoms with E-state index >= 15 is 0 Å². The predicted octanol–water partition coefficient (Wildman–Crippen LogP) is 4.43. The van der Waals surface area contributed by atoms with Crippen molar-refractivity contribution >= 4 is 33.0 Å². The molecule has 4 nitrogen and oxygen atoms in total. The fraction of sp³-hybridized carbons (Fsp3) is 0.188. The molecule has 0 saturated carbocycles. The molecule has 0 atom stereocenters. The number of nitrogens with zero attached hydrogens (tertiary/aromatic N) is 1. The Kier molecular flexibility index (Phi) is 4.71. The second-order valence-corrected chi connectivity index (χ2v) is 5.80. The molecule has 0 bridgehead atoms. The molecule has 0 radical (unpaired) electrons. The fourth-order valence-corrected chi connectivity index (χ4v) is 2.27. The minimum Gasteiger partial charge on any atom is -0.491 e. The number of ether oxygens (including phenoxy) is 1. The Labute approximate surface area is 132 Å². The lowest BCUT2D eigenvalue weighted by atomic mass is 10.2. The van der Waals surface area contributed by atoms with Gasteiger partial charge in [0.25, 0.3) is 0 Å². The molecule has 2 aromatic rings. The van der Waals surface area contributed by atoms with E-state index < -0.39 is 0 Å². The highest BCUT2D eigenvalue weighted by atomic mass is 79.9. The third kappa shape index (κ3) is 4.14. The summed E-state index contributed by atoms with van der Waals surface area (Å²) >= 11 is 3.40. The van der Waals surface area contributed by atoms with E-state index in [9.17, 15) is 0 Å². The zero-order valence-corrected chi connectivity index (χ0v) is 13.4. The molecule has 0 spiro atoms. The molecule has 0 amide bonds. The Morgan fingerprint density at radius 2 is 2.00 bits per heavy atom. The molecule has 0 fully saturated rings. The van der Waals surface area contributed by atoms with Crippen LogP contribution in [0.2, 0.25) is 0 Å². The summed E-state index contributed by atoms with van der Waals surface area (Å²) in [5.41, 5.74) is 8.55. The predicted molar refractivity (Wildman–Crippen MR) is 88.8 cm³/mol. The largest absolute Gasteiger partial charge is 0.491 e. The minimum atomic E-state index is 0.0696. The number of hydrogen-bond donors (Lipinski definition) is 2. The van der Waals surface area contributed by atoms with Gasteiger partial charge in [0.2, 0.25) is 0 Å². The van der Waals surface area contributed by atoms with E-state index in [1.165, 1.54) is 0 Å². The van der Waals surface area contributed by atoms with Crippen LogP contribution in [0.5, 0.6) is 5.75 Å². The topological polar surface area (TPSA) is 71.1 Å². The third-order valence-corrected chi connectivity index (χ3v) is 3.17. The van der Waals surface area contributed by atoms with E-state index in [2.05, 4.69) is 27.3 Å². The first-order valence-corrected chi connectivity index (χ1v) is 7.31. The summed E-state index contributed by atoms with van der Waals surface area (Å²) in [6.45, 7) is 3.91. The van der Waals surface area contributed by atoms with Crippen molar-refractivity contribution < 1.29 is 4.74 Å². The van der Waals surface area contributed by atoms with Gasteiger partial charge in [-0.1, -0.05) is 15.9 Å². The summed E-state index contributed by atoms with van der Waals surface area (Å²) in [4.78, 5) is 0. The average molecular weight is 346 g/mol. The third-order valence-electron chi connectivity index (χ3n) is 2.68. The molecule has 0 aromatic heterocycles. The van der Waals surface area contributed by atoms with Gasteiger partial charge in [0, 0.05) is 28.0 Å². The summed E-state index contributed by atoms with van der Waals surface area (Å²) in [6, 6.07) is 13.0. The molecule has 2 rings (SSSR count). The molecule has 0 saturated heterocycles. The van der Waals surface area contributed by atoms with Crippen LogP contribution >= 0.6 is 15.9 Å². The van der Waals surface area contributed by atoms with Crippen molar-refractivity contribution in [3.63, 3.8) is 0 Å². The molecular formula is C16H16BrN3O. The number of halogens is 1. The standard InChI is InChI=1S/C16H16BrN3O/c1-10(2)21-15-7-13(19)6-14(8-15)20-16-5-12(17)4-3-11(16)9-18/h3-8,10,20H,19H2,1-2H3. The van der Waals surface area contributed by atoms with E-state index in [-0.39, 0.29) is 6.10 Å². The van der Waals surface area contributed by atoms with E-state index in [0.29, 0.717) is 22.7 Å². The van der Waals surface area contributed by atoms with E-state index in [1.807, 2.05) is 32.0 Å². The van der Waals surface area contributed by atoms with Gasteiger partial charge in [-0.25, -0.2) is 0 Å². The number of rotatable bonds is 4. The Balaban J connectivity index is 2.33. The number of nitrogens with one attached hydrogen (secondary N) is 1. The molecule has 0 aliphatic rings. The zero-order chi connectivity index (χ0) is 15.4. The van der Waals surface area contributed by atoms with Crippen LogP contribution in [0.4, 0.5) is 17.1 Å². The highest BCUT2D eigenvalue weighted by molar-refractivity contribution is 9.10. The molecule has 0 unspecified atom stereocenters.